The average Bonchev–Trinajstić information content (AvgIpc) is 2.32. The van der Waals surface area contributed by atoms with E-state index >= 15 is 0 Å². The number of hydrogen-bond acceptors (Lipinski definition) is 2. The largest absolute Gasteiger partial charge is 0.480 e. The summed E-state index contributed by atoms with van der Waals surface area (Å²) in [6.45, 7) is 0. The molecule has 0 atom stereocenters. The molecule has 1 aromatic carbocycles. The molecular weight excluding hydrogens is 248 g/mol. The summed E-state index contributed by atoms with van der Waals surface area (Å²) in [6, 6.07) is 5.41. The number of pyridine rings is 1. The Hall–Kier alpha value is -1.68. The van der Waals surface area contributed by atoms with E-state index in [9.17, 15) is 8.78 Å². The SMILES string of the molecule is COc1ncc(-c2cccc(F)c2F)cc1Cl. The second-order valence-electron chi connectivity index (χ2n) is 3.32. The van der Waals surface area contributed by atoms with Crippen LogP contribution in [0.25, 0.3) is 11.1 Å². The van der Waals surface area contributed by atoms with E-state index in [0.29, 0.717) is 5.56 Å². The Morgan fingerprint density at radius 3 is 2.71 bits per heavy atom. The average molecular weight is 256 g/mol. The van der Waals surface area contributed by atoms with Crippen LogP contribution in [0.4, 0.5) is 8.78 Å². The summed E-state index contributed by atoms with van der Waals surface area (Å²) < 4.78 is 31.5. The molecule has 0 amide bonds. The Morgan fingerprint density at radius 1 is 1.29 bits per heavy atom. The van der Waals surface area contributed by atoms with Gasteiger partial charge in [-0.15, -0.1) is 0 Å². The zero-order valence-electron chi connectivity index (χ0n) is 8.88. The van der Waals surface area contributed by atoms with Crippen molar-refractivity contribution >= 4 is 11.6 Å². The van der Waals surface area contributed by atoms with E-state index in [0.717, 1.165) is 6.07 Å². The van der Waals surface area contributed by atoms with Gasteiger partial charge in [-0.25, -0.2) is 13.8 Å². The predicted molar refractivity (Wildman–Crippen MR) is 61.2 cm³/mol. The van der Waals surface area contributed by atoms with Crippen molar-refractivity contribution in [2.45, 2.75) is 0 Å². The molecular formula is C12H8ClF2NO. The van der Waals surface area contributed by atoms with Crippen molar-refractivity contribution in [2.24, 2.45) is 0 Å². The standard InChI is InChI=1S/C12H8ClF2NO/c1-17-12-9(13)5-7(6-16-12)8-3-2-4-10(14)11(8)15/h2-6H,1H3. The first-order valence-corrected chi connectivity index (χ1v) is 5.15. The molecule has 17 heavy (non-hydrogen) atoms. The number of nitrogens with zero attached hydrogens (tertiary/aromatic N) is 1. The van der Waals surface area contributed by atoms with Crippen molar-refractivity contribution in [3.05, 3.63) is 47.1 Å². The normalized spacial score (nSPS) is 10.4. The third-order valence-electron chi connectivity index (χ3n) is 2.26. The smallest absolute Gasteiger partial charge is 0.232 e. The summed E-state index contributed by atoms with van der Waals surface area (Å²) in [4.78, 5) is 3.90. The van der Waals surface area contributed by atoms with Crippen molar-refractivity contribution < 1.29 is 13.5 Å². The minimum Gasteiger partial charge on any atom is -0.480 e. The number of methoxy groups -OCH3 is 1. The number of rotatable bonds is 2. The Balaban J connectivity index is 2.54. The van der Waals surface area contributed by atoms with Gasteiger partial charge in [-0.2, -0.15) is 0 Å². The molecule has 88 valence electrons. The van der Waals surface area contributed by atoms with E-state index in [1.807, 2.05) is 0 Å². The first kappa shape index (κ1) is 11.8. The predicted octanol–water partition coefficient (Wildman–Crippen LogP) is 3.69. The van der Waals surface area contributed by atoms with Crippen LogP contribution in [0.3, 0.4) is 0 Å². The highest BCUT2D eigenvalue weighted by Gasteiger charge is 2.12. The Kier molecular flexibility index (Phi) is 3.24. The van der Waals surface area contributed by atoms with E-state index in [1.54, 1.807) is 0 Å². The minimum absolute atomic E-state index is 0.113. The maximum Gasteiger partial charge on any atom is 0.232 e. The Labute approximate surface area is 102 Å². The highest BCUT2D eigenvalue weighted by molar-refractivity contribution is 6.32. The van der Waals surface area contributed by atoms with Crippen LogP contribution in [0.5, 0.6) is 5.88 Å². The molecule has 0 saturated heterocycles. The lowest BCUT2D eigenvalue weighted by atomic mass is 10.1. The molecule has 0 radical (unpaired) electrons. The second kappa shape index (κ2) is 4.67. The molecule has 0 aliphatic heterocycles. The molecule has 0 unspecified atom stereocenters. The topological polar surface area (TPSA) is 22.1 Å². The maximum atomic E-state index is 13.5. The van der Waals surface area contributed by atoms with Gasteiger partial charge in [0.05, 0.1) is 7.11 Å². The van der Waals surface area contributed by atoms with Gasteiger partial charge >= 0.3 is 0 Å². The molecule has 1 aromatic heterocycles. The van der Waals surface area contributed by atoms with Gasteiger partial charge in [0.1, 0.15) is 5.02 Å². The van der Waals surface area contributed by atoms with E-state index in [1.165, 1.54) is 31.5 Å². The van der Waals surface area contributed by atoms with E-state index < -0.39 is 11.6 Å². The quantitative estimate of drug-likeness (QED) is 0.817. The van der Waals surface area contributed by atoms with Crippen molar-refractivity contribution in [1.29, 1.82) is 0 Å². The van der Waals surface area contributed by atoms with Crippen molar-refractivity contribution in [1.82, 2.24) is 4.98 Å². The van der Waals surface area contributed by atoms with Gasteiger partial charge in [-0.1, -0.05) is 23.7 Å². The number of aromatic nitrogens is 1. The molecule has 0 saturated carbocycles. The lowest BCUT2D eigenvalue weighted by Gasteiger charge is -2.06. The molecule has 1 heterocycles. The molecule has 0 bridgehead atoms. The van der Waals surface area contributed by atoms with Gasteiger partial charge in [-0.3, -0.25) is 0 Å². The molecule has 0 aliphatic rings. The summed E-state index contributed by atoms with van der Waals surface area (Å²) in [5.41, 5.74) is 0.509. The molecule has 5 heteroatoms. The molecule has 0 spiro atoms. The molecule has 0 fully saturated rings. The summed E-state index contributed by atoms with van der Waals surface area (Å²) in [6.07, 6.45) is 1.38. The van der Waals surface area contributed by atoms with Crippen LogP contribution in [0, 0.1) is 11.6 Å². The summed E-state index contributed by atoms with van der Waals surface area (Å²) >= 11 is 5.87. The van der Waals surface area contributed by atoms with Crippen LogP contribution >= 0.6 is 11.6 Å². The second-order valence-corrected chi connectivity index (χ2v) is 3.72. The van der Waals surface area contributed by atoms with Crippen LogP contribution < -0.4 is 4.74 Å². The monoisotopic (exact) mass is 255 g/mol. The van der Waals surface area contributed by atoms with Crippen LogP contribution in [-0.4, -0.2) is 12.1 Å². The Bertz CT molecular complexity index is 560. The zero-order chi connectivity index (χ0) is 12.4. The van der Waals surface area contributed by atoms with Gasteiger partial charge in [0.25, 0.3) is 0 Å². The highest BCUT2D eigenvalue weighted by Crippen LogP contribution is 2.29. The van der Waals surface area contributed by atoms with Gasteiger partial charge in [0, 0.05) is 17.3 Å². The minimum atomic E-state index is -0.921. The fourth-order valence-electron chi connectivity index (χ4n) is 1.45. The first-order chi connectivity index (χ1) is 8.13. The summed E-state index contributed by atoms with van der Waals surface area (Å²) in [5.74, 6) is -1.59. The van der Waals surface area contributed by atoms with E-state index in [2.05, 4.69) is 4.98 Å². The van der Waals surface area contributed by atoms with E-state index in [-0.39, 0.29) is 16.5 Å². The first-order valence-electron chi connectivity index (χ1n) is 4.77. The number of halogens is 3. The highest BCUT2D eigenvalue weighted by atomic mass is 35.5. The van der Waals surface area contributed by atoms with Crippen LogP contribution in [0.15, 0.2) is 30.5 Å². The molecule has 0 aliphatic carbocycles. The summed E-state index contributed by atoms with van der Waals surface area (Å²) in [7, 11) is 1.43. The van der Waals surface area contributed by atoms with Crippen molar-refractivity contribution in [3.8, 4) is 17.0 Å². The third-order valence-corrected chi connectivity index (χ3v) is 2.53. The summed E-state index contributed by atoms with van der Waals surface area (Å²) in [5, 5.41) is 0.244. The lowest BCUT2D eigenvalue weighted by molar-refractivity contribution is 0.398. The van der Waals surface area contributed by atoms with Crippen LogP contribution in [0.1, 0.15) is 0 Å². The lowest BCUT2D eigenvalue weighted by Crippen LogP contribution is -1.92. The van der Waals surface area contributed by atoms with Crippen LogP contribution in [0.2, 0.25) is 5.02 Å². The van der Waals surface area contributed by atoms with Gasteiger partial charge in [0.15, 0.2) is 11.6 Å². The van der Waals surface area contributed by atoms with Gasteiger partial charge in [0.2, 0.25) is 5.88 Å². The van der Waals surface area contributed by atoms with E-state index in [4.69, 9.17) is 16.3 Å². The molecule has 2 nitrogen and oxygen atoms in total. The van der Waals surface area contributed by atoms with Gasteiger partial charge in [-0.05, 0) is 12.1 Å². The fraction of sp³-hybridized carbons (Fsp3) is 0.0833. The Morgan fingerprint density at radius 2 is 2.06 bits per heavy atom. The van der Waals surface area contributed by atoms with Crippen molar-refractivity contribution in [3.63, 3.8) is 0 Å². The fourth-order valence-corrected chi connectivity index (χ4v) is 1.69. The molecule has 0 N–H and O–H groups in total. The maximum absolute atomic E-state index is 13.5. The molecule has 2 aromatic rings. The van der Waals surface area contributed by atoms with Gasteiger partial charge < -0.3 is 4.74 Å². The number of ether oxygens (including phenoxy) is 1. The van der Waals surface area contributed by atoms with Crippen LogP contribution in [-0.2, 0) is 0 Å². The molecule has 2 rings (SSSR count). The number of hydrogen-bond donors (Lipinski definition) is 0. The third kappa shape index (κ3) is 2.22. The zero-order valence-corrected chi connectivity index (χ0v) is 9.63. The number of benzene rings is 1. The van der Waals surface area contributed by atoms with Crippen molar-refractivity contribution in [2.75, 3.05) is 7.11 Å².